The van der Waals surface area contributed by atoms with Gasteiger partial charge in [-0.15, -0.1) is 23.5 Å². The molecule has 0 bridgehead atoms. The molecule has 1 heterocycles. The number of hydrogen-bond donors (Lipinski definition) is 0. The first-order valence-electron chi connectivity index (χ1n) is 11.1. The van der Waals surface area contributed by atoms with Crippen molar-refractivity contribution in [2.45, 2.75) is 24.3 Å². The second kappa shape index (κ2) is 10.5. The van der Waals surface area contributed by atoms with E-state index in [1.54, 1.807) is 7.11 Å². The second-order valence-electron chi connectivity index (χ2n) is 8.12. The highest BCUT2D eigenvalue weighted by atomic mass is 32.2. The Morgan fingerprint density at radius 3 is 1.81 bits per heavy atom. The Morgan fingerprint density at radius 2 is 1.31 bits per heavy atom. The van der Waals surface area contributed by atoms with Gasteiger partial charge in [0.15, 0.2) is 0 Å². The predicted octanol–water partition coefficient (Wildman–Crippen LogP) is 8.02. The molecule has 4 rings (SSSR count). The van der Waals surface area contributed by atoms with Crippen LogP contribution in [0.15, 0.2) is 91.0 Å². The van der Waals surface area contributed by atoms with Gasteiger partial charge in [-0.3, -0.25) is 0 Å². The highest BCUT2D eigenvalue weighted by Gasteiger charge is 2.32. The van der Waals surface area contributed by atoms with Crippen LogP contribution < -0.4 is 4.74 Å². The SMILES string of the molecule is COc1ccc(C2(C=CC=C(c3ccc(C)cc3)c3ccc(C)cc3)SCCCS2)cc1. The summed E-state index contributed by atoms with van der Waals surface area (Å²) in [4.78, 5) is 0. The van der Waals surface area contributed by atoms with Crippen LogP contribution in [0.4, 0.5) is 0 Å². The standard InChI is InChI=1S/C29H30OS2/c1-22-7-11-24(12-8-22)28(25-13-9-23(2)10-14-25)6-4-19-29(31-20-5-21-32-29)26-15-17-27(30-3)18-16-26/h4,6-19H,5,20-21H2,1-3H3. The Balaban J connectivity index is 1.71. The minimum Gasteiger partial charge on any atom is -0.497 e. The van der Waals surface area contributed by atoms with Crippen LogP contribution in [-0.2, 0) is 4.08 Å². The molecule has 0 spiro atoms. The number of benzene rings is 3. The van der Waals surface area contributed by atoms with Crippen LogP contribution in [0.3, 0.4) is 0 Å². The van der Waals surface area contributed by atoms with Gasteiger partial charge >= 0.3 is 0 Å². The van der Waals surface area contributed by atoms with Gasteiger partial charge < -0.3 is 4.74 Å². The Kier molecular flexibility index (Phi) is 7.49. The van der Waals surface area contributed by atoms with E-state index < -0.39 is 0 Å². The normalized spacial score (nSPS) is 15.5. The van der Waals surface area contributed by atoms with E-state index >= 15 is 0 Å². The van der Waals surface area contributed by atoms with Crippen LogP contribution in [0.25, 0.3) is 5.57 Å². The van der Waals surface area contributed by atoms with Crippen molar-refractivity contribution >= 4 is 29.1 Å². The predicted molar refractivity (Wildman–Crippen MR) is 143 cm³/mol. The zero-order valence-corrected chi connectivity index (χ0v) is 20.6. The zero-order chi connectivity index (χ0) is 22.4. The highest BCUT2D eigenvalue weighted by Crippen LogP contribution is 2.51. The monoisotopic (exact) mass is 458 g/mol. The van der Waals surface area contributed by atoms with Crippen LogP contribution in [0.2, 0.25) is 0 Å². The molecule has 1 nitrogen and oxygen atoms in total. The van der Waals surface area contributed by atoms with Crippen LogP contribution >= 0.6 is 23.5 Å². The molecule has 0 unspecified atom stereocenters. The fraction of sp³-hybridized carbons (Fsp3) is 0.241. The van der Waals surface area contributed by atoms with Crippen LogP contribution in [0, 0.1) is 13.8 Å². The summed E-state index contributed by atoms with van der Waals surface area (Å²) in [5.41, 5.74) is 7.61. The molecule has 1 saturated heterocycles. The first-order chi connectivity index (χ1) is 15.6. The second-order valence-corrected chi connectivity index (χ2v) is 11.1. The molecule has 164 valence electrons. The number of rotatable bonds is 6. The van der Waals surface area contributed by atoms with E-state index in [2.05, 4.69) is 105 Å². The van der Waals surface area contributed by atoms with Gasteiger partial charge in [-0.05, 0) is 66.2 Å². The molecule has 0 N–H and O–H groups in total. The van der Waals surface area contributed by atoms with E-state index in [4.69, 9.17) is 4.74 Å². The van der Waals surface area contributed by atoms with Crippen molar-refractivity contribution in [2.24, 2.45) is 0 Å². The lowest BCUT2D eigenvalue weighted by Gasteiger charge is -2.34. The van der Waals surface area contributed by atoms with Crippen molar-refractivity contribution in [2.75, 3.05) is 18.6 Å². The first kappa shape index (κ1) is 22.8. The molecule has 3 aromatic rings. The summed E-state index contributed by atoms with van der Waals surface area (Å²) in [6.07, 6.45) is 8.17. The van der Waals surface area contributed by atoms with E-state index in [-0.39, 0.29) is 4.08 Å². The lowest BCUT2D eigenvalue weighted by molar-refractivity contribution is 0.414. The highest BCUT2D eigenvalue weighted by molar-refractivity contribution is 8.18. The molecule has 3 aromatic carbocycles. The van der Waals surface area contributed by atoms with Crippen molar-refractivity contribution in [1.29, 1.82) is 0 Å². The maximum absolute atomic E-state index is 5.38. The average Bonchev–Trinajstić information content (AvgIpc) is 2.84. The molecule has 0 aromatic heterocycles. The lowest BCUT2D eigenvalue weighted by Crippen LogP contribution is -2.20. The van der Waals surface area contributed by atoms with Crippen molar-refractivity contribution in [3.8, 4) is 5.75 Å². The number of hydrogen-bond acceptors (Lipinski definition) is 3. The van der Waals surface area contributed by atoms with Gasteiger partial charge in [-0.25, -0.2) is 0 Å². The maximum atomic E-state index is 5.38. The molecule has 0 amide bonds. The Bertz CT molecular complexity index is 1020. The quantitative estimate of drug-likeness (QED) is 0.346. The lowest BCUT2D eigenvalue weighted by atomic mass is 9.96. The summed E-state index contributed by atoms with van der Waals surface area (Å²) >= 11 is 4.06. The van der Waals surface area contributed by atoms with Gasteiger partial charge in [0, 0.05) is 0 Å². The number of allylic oxidation sites excluding steroid dienone is 2. The van der Waals surface area contributed by atoms with E-state index in [0.717, 1.165) is 5.75 Å². The number of methoxy groups -OCH3 is 1. The Hall–Kier alpha value is -2.36. The van der Waals surface area contributed by atoms with Crippen molar-refractivity contribution in [3.63, 3.8) is 0 Å². The van der Waals surface area contributed by atoms with Crippen LogP contribution in [0.5, 0.6) is 5.75 Å². The Morgan fingerprint density at radius 1 is 0.781 bits per heavy atom. The smallest absolute Gasteiger partial charge is 0.118 e. The fourth-order valence-electron chi connectivity index (χ4n) is 3.83. The van der Waals surface area contributed by atoms with Gasteiger partial charge in [0.2, 0.25) is 0 Å². The largest absolute Gasteiger partial charge is 0.497 e. The molecule has 1 aliphatic heterocycles. The maximum Gasteiger partial charge on any atom is 0.118 e. The van der Waals surface area contributed by atoms with E-state index in [0.29, 0.717) is 0 Å². The van der Waals surface area contributed by atoms with Crippen molar-refractivity contribution in [1.82, 2.24) is 0 Å². The molecule has 0 atom stereocenters. The molecular weight excluding hydrogens is 428 g/mol. The van der Waals surface area contributed by atoms with Crippen molar-refractivity contribution < 1.29 is 4.74 Å². The number of thioether (sulfide) groups is 2. The topological polar surface area (TPSA) is 9.23 Å². The molecule has 0 radical (unpaired) electrons. The summed E-state index contributed by atoms with van der Waals surface area (Å²) in [6.45, 7) is 4.27. The summed E-state index contributed by atoms with van der Waals surface area (Å²) in [7, 11) is 1.72. The third kappa shape index (κ3) is 5.33. The van der Waals surface area contributed by atoms with Gasteiger partial charge in [-0.1, -0.05) is 90.0 Å². The molecule has 1 aliphatic rings. The molecular formula is C29H30OS2. The average molecular weight is 459 g/mol. The zero-order valence-electron chi connectivity index (χ0n) is 19.0. The first-order valence-corrected chi connectivity index (χ1v) is 13.0. The summed E-state index contributed by atoms with van der Waals surface area (Å²) in [5, 5.41) is 0. The van der Waals surface area contributed by atoms with Gasteiger partial charge in [-0.2, -0.15) is 0 Å². The van der Waals surface area contributed by atoms with Gasteiger partial charge in [0.25, 0.3) is 0 Å². The van der Waals surface area contributed by atoms with Gasteiger partial charge in [0.1, 0.15) is 9.83 Å². The summed E-state index contributed by atoms with van der Waals surface area (Å²) in [5.74, 6) is 3.26. The van der Waals surface area contributed by atoms with E-state index in [9.17, 15) is 0 Å². The van der Waals surface area contributed by atoms with E-state index in [1.165, 1.54) is 51.3 Å². The Labute approximate surface area is 201 Å². The minimum absolute atomic E-state index is 0.0628. The number of aryl methyl sites for hydroxylation is 2. The minimum atomic E-state index is -0.0628. The summed E-state index contributed by atoms with van der Waals surface area (Å²) < 4.78 is 5.31. The number of ether oxygens (including phenoxy) is 1. The molecule has 0 saturated carbocycles. The molecule has 0 aliphatic carbocycles. The van der Waals surface area contributed by atoms with Crippen LogP contribution in [-0.4, -0.2) is 18.6 Å². The van der Waals surface area contributed by atoms with Gasteiger partial charge in [0.05, 0.1) is 7.11 Å². The molecule has 1 fully saturated rings. The van der Waals surface area contributed by atoms with Crippen molar-refractivity contribution in [3.05, 3.63) is 119 Å². The third-order valence-corrected chi connectivity index (χ3v) is 9.01. The van der Waals surface area contributed by atoms with E-state index in [1.807, 2.05) is 23.5 Å². The third-order valence-electron chi connectivity index (χ3n) is 5.72. The molecule has 3 heteroatoms. The fourth-order valence-corrected chi connectivity index (χ4v) is 6.98. The van der Waals surface area contributed by atoms with Crippen LogP contribution in [0.1, 0.15) is 34.2 Å². The molecule has 32 heavy (non-hydrogen) atoms. The summed E-state index contributed by atoms with van der Waals surface area (Å²) in [6, 6.07) is 26.2.